The zero-order valence-electron chi connectivity index (χ0n) is 6.96. The molecular weight excluding hydrogens is 232 g/mol. The number of fused-ring (bicyclic) bond motifs is 1. The molecule has 1 N–H and O–H groups in total. The third kappa shape index (κ3) is 1.49. The molecular formula is C10H9BrO2. The number of hydrogen-bond donors (Lipinski definition) is 1. The van der Waals surface area contributed by atoms with Gasteiger partial charge in [-0.05, 0) is 34.0 Å². The second kappa shape index (κ2) is 3.52. The molecule has 2 aromatic rings. The number of aliphatic hydroxyl groups excluding tert-OH is 1. The van der Waals surface area contributed by atoms with Crippen molar-refractivity contribution in [1.29, 1.82) is 0 Å². The number of hydrogen-bond acceptors (Lipinski definition) is 2. The van der Waals surface area contributed by atoms with Gasteiger partial charge in [0, 0.05) is 12.0 Å². The molecule has 13 heavy (non-hydrogen) atoms. The molecule has 2 nitrogen and oxygen atoms in total. The van der Waals surface area contributed by atoms with Gasteiger partial charge in [-0.3, -0.25) is 0 Å². The molecule has 0 fully saturated rings. The summed E-state index contributed by atoms with van der Waals surface area (Å²) in [5.41, 5.74) is 1.91. The van der Waals surface area contributed by atoms with Crippen molar-refractivity contribution in [1.82, 2.24) is 0 Å². The van der Waals surface area contributed by atoms with Crippen LogP contribution in [0.3, 0.4) is 0 Å². The molecule has 68 valence electrons. The van der Waals surface area contributed by atoms with Crippen molar-refractivity contribution in [2.24, 2.45) is 0 Å². The van der Waals surface area contributed by atoms with Crippen LogP contribution in [0.15, 0.2) is 33.4 Å². The minimum Gasteiger partial charge on any atom is -0.463 e. The summed E-state index contributed by atoms with van der Waals surface area (Å²) in [5, 5.41) is 9.89. The molecule has 0 saturated carbocycles. The molecule has 1 heterocycles. The normalized spacial score (nSPS) is 10.9. The smallest absolute Gasteiger partial charge is 0.138 e. The minimum atomic E-state index is 0.150. The summed E-state index contributed by atoms with van der Waals surface area (Å²) in [6, 6.07) is 5.92. The van der Waals surface area contributed by atoms with Gasteiger partial charge >= 0.3 is 0 Å². The number of aliphatic hydroxyl groups is 1. The molecule has 0 spiro atoms. The Morgan fingerprint density at radius 3 is 3.00 bits per heavy atom. The molecule has 0 aliphatic carbocycles. The first kappa shape index (κ1) is 8.78. The van der Waals surface area contributed by atoms with Gasteiger partial charge in [0.25, 0.3) is 0 Å². The topological polar surface area (TPSA) is 33.4 Å². The van der Waals surface area contributed by atoms with Gasteiger partial charge in [0.2, 0.25) is 0 Å². The molecule has 0 amide bonds. The van der Waals surface area contributed by atoms with Gasteiger partial charge in [0.15, 0.2) is 0 Å². The molecule has 0 radical (unpaired) electrons. The average Bonchev–Trinajstić information content (AvgIpc) is 2.50. The summed E-state index contributed by atoms with van der Waals surface area (Å²) < 4.78 is 6.33. The number of furan rings is 1. The summed E-state index contributed by atoms with van der Waals surface area (Å²) in [6.45, 7) is 0.150. The van der Waals surface area contributed by atoms with E-state index in [4.69, 9.17) is 9.52 Å². The van der Waals surface area contributed by atoms with Crippen LogP contribution in [0.5, 0.6) is 0 Å². The zero-order chi connectivity index (χ0) is 9.26. The number of benzene rings is 1. The standard InChI is InChI=1S/C10H9BrO2/c11-9-6-13-10-7(4-5-12)2-1-3-8(9)10/h1-3,6,12H,4-5H2. The lowest BCUT2D eigenvalue weighted by Gasteiger charge is -1.98. The lowest BCUT2D eigenvalue weighted by Crippen LogP contribution is -1.90. The number of rotatable bonds is 2. The van der Waals surface area contributed by atoms with E-state index in [0.29, 0.717) is 6.42 Å². The van der Waals surface area contributed by atoms with Gasteiger partial charge in [-0.25, -0.2) is 0 Å². The first-order chi connectivity index (χ1) is 6.33. The van der Waals surface area contributed by atoms with Crippen LogP contribution in [-0.2, 0) is 6.42 Å². The van der Waals surface area contributed by atoms with Crippen LogP contribution < -0.4 is 0 Å². The molecule has 1 aromatic carbocycles. The summed E-state index contributed by atoms with van der Waals surface area (Å²) in [7, 11) is 0. The van der Waals surface area contributed by atoms with Crippen LogP contribution in [0.2, 0.25) is 0 Å². The van der Waals surface area contributed by atoms with Gasteiger partial charge < -0.3 is 9.52 Å². The van der Waals surface area contributed by atoms with E-state index < -0.39 is 0 Å². The van der Waals surface area contributed by atoms with Crippen molar-refractivity contribution in [3.8, 4) is 0 Å². The SMILES string of the molecule is OCCc1cccc2c(Br)coc12. The third-order valence-corrected chi connectivity index (χ3v) is 2.63. The fourth-order valence-corrected chi connectivity index (χ4v) is 1.81. The second-order valence-corrected chi connectivity index (χ2v) is 3.71. The molecule has 1 aromatic heterocycles. The average molecular weight is 241 g/mol. The predicted molar refractivity (Wildman–Crippen MR) is 54.7 cm³/mol. The molecule has 0 unspecified atom stereocenters. The molecule has 3 heteroatoms. The van der Waals surface area contributed by atoms with Crippen LogP contribution in [-0.4, -0.2) is 11.7 Å². The highest BCUT2D eigenvalue weighted by atomic mass is 79.9. The highest BCUT2D eigenvalue weighted by molar-refractivity contribution is 9.10. The van der Waals surface area contributed by atoms with E-state index in [-0.39, 0.29) is 6.61 Å². The van der Waals surface area contributed by atoms with Crippen molar-refractivity contribution in [3.63, 3.8) is 0 Å². The molecule has 2 rings (SSSR count). The van der Waals surface area contributed by atoms with Gasteiger partial charge in [0.05, 0.1) is 4.47 Å². The van der Waals surface area contributed by atoms with E-state index >= 15 is 0 Å². The van der Waals surface area contributed by atoms with E-state index in [1.54, 1.807) is 6.26 Å². The Morgan fingerprint density at radius 2 is 2.23 bits per heavy atom. The highest BCUT2D eigenvalue weighted by Crippen LogP contribution is 2.28. The molecule has 0 aliphatic heterocycles. The maximum Gasteiger partial charge on any atom is 0.138 e. The Morgan fingerprint density at radius 1 is 1.38 bits per heavy atom. The molecule has 0 aliphatic rings. The number of halogens is 1. The molecule has 0 bridgehead atoms. The van der Waals surface area contributed by atoms with E-state index in [9.17, 15) is 0 Å². The summed E-state index contributed by atoms with van der Waals surface area (Å²) in [6.07, 6.45) is 2.31. The third-order valence-electron chi connectivity index (χ3n) is 2.02. The summed E-state index contributed by atoms with van der Waals surface area (Å²) in [4.78, 5) is 0. The largest absolute Gasteiger partial charge is 0.463 e. The van der Waals surface area contributed by atoms with Crippen molar-refractivity contribution >= 4 is 26.9 Å². The van der Waals surface area contributed by atoms with Gasteiger partial charge in [-0.2, -0.15) is 0 Å². The quantitative estimate of drug-likeness (QED) is 0.876. The Balaban J connectivity index is 2.63. The van der Waals surface area contributed by atoms with Gasteiger partial charge in [0.1, 0.15) is 11.8 Å². The van der Waals surface area contributed by atoms with Crippen LogP contribution in [0, 0.1) is 0 Å². The Labute approximate surface area is 84.3 Å². The van der Waals surface area contributed by atoms with E-state index in [0.717, 1.165) is 21.0 Å². The molecule has 0 saturated heterocycles. The van der Waals surface area contributed by atoms with Crippen LogP contribution in [0.25, 0.3) is 11.0 Å². The Bertz CT molecular complexity index is 420. The van der Waals surface area contributed by atoms with Crippen LogP contribution in [0.1, 0.15) is 5.56 Å². The maximum atomic E-state index is 8.83. The van der Waals surface area contributed by atoms with Gasteiger partial charge in [-0.15, -0.1) is 0 Å². The van der Waals surface area contributed by atoms with Crippen molar-refractivity contribution < 1.29 is 9.52 Å². The summed E-state index contributed by atoms with van der Waals surface area (Å²) in [5.74, 6) is 0. The molecule has 0 atom stereocenters. The van der Waals surface area contributed by atoms with Gasteiger partial charge in [-0.1, -0.05) is 12.1 Å². The fraction of sp³-hybridized carbons (Fsp3) is 0.200. The fourth-order valence-electron chi connectivity index (χ4n) is 1.40. The Kier molecular flexibility index (Phi) is 2.38. The summed E-state index contributed by atoms with van der Waals surface area (Å²) >= 11 is 3.40. The lowest BCUT2D eigenvalue weighted by molar-refractivity contribution is 0.299. The van der Waals surface area contributed by atoms with E-state index in [1.807, 2.05) is 18.2 Å². The second-order valence-electron chi connectivity index (χ2n) is 2.85. The van der Waals surface area contributed by atoms with Crippen LogP contribution in [0.4, 0.5) is 0 Å². The van der Waals surface area contributed by atoms with E-state index in [2.05, 4.69) is 15.9 Å². The first-order valence-electron chi connectivity index (χ1n) is 4.08. The minimum absolute atomic E-state index is 0.150. The van der Waals surface area contributed by atoms with E-state index in [1.165, 1.54) is 0 Å². The number of para-hydroxylation sites is 1. The highest BCUT2D eigenvalue weighted by Gasteiger charge is 2.06. The van der Waals surface area contributed by atoms with Crippen molar-refractivity contribution in [3.05, 3.63) is 34.5 Å². The van der Waals surface area contributed by atoms with Crippen molar-refractivity contribution in [2.75, 3.05) is 6.61 Å². The monoisotopic (exact) mass is 240 g/mol. The zero-order valence-corrected chi connectivity index (χ0v) is 8.54. The predicted octanol–water partition coefficient (Wildman–Crippen LogP) is 2.73. The van der Waals surface area contributed by atoms with Crippen molar-refractivity contribution in [2.45, 2.75) is 6.42 Å². The maximum absolute atomic E-state index is 8.83. The first-order valence-corrected chi connectivity index (χ1v) is 4.87. The van der Waals surface area contributed by atoms with Crippen LogP contribution >= 0.6 is 15.9 Å². The lowest BCUT2D eigenvalue weighted by atomic mass is 10.1. The Hall–Kier alpha value is -0.800.